The first-order chi connectivity index (χ1) is 7.41. The van der Waals surface area contributed by atoms with Crippen LogP contribution in [0.25, 0.3) is 10.8 Å². The van der Waals surface area contributed by atoms with Crippen LogP contribution in [0.15, 0.2) is 24.4 Å². The van der Waals surface area contributed by atoms with Crippen molar-refractivity contribution in [3.05, 3.63) is 40.7 Å². The van der Waals surface area contributed by atoms with Crippen molar-refractivity contribution in [3.8, 4) is 0 Å². The van der Waals surface area contributed by atoms with Crippen LogP contribution >= 0.6 is 11.6 Å². The number of aromatic nitrogens is 1. The summed E-state index contributed by atoms with van der Waals surface area (Å²) in [5, 5.41) is 2.84. The first-order valence-electron chi connectivity index (χ1n) is 5.24. The summed E-state index contributed by atoms with van der Waals surface area (Å²) >= 11 is 6.22. The van der Waals surface area contributed by atoms with Gasteiger partial charge in [0, 0.05) is 22.0 Å². The van der Waals surface area contributed by atoms with E-state index < -0.39 is 5.54 Å². The molecule has 0 aliphatic heterocycles. The van der Waals surface area contributed by atoms with Crippen LogP contribution in [0.3, 0.4) is 0 Å². The molecule has 0 fully saturated rings. The summed E-state index contributed by atoms with van der Waals surface area (Å²) < 4.78 is 0. The molecule has 2 nitrogen and oxygen atoms in total. The minimum atomic E-state index is -0.462. The summed E-state index contributed by atoms with van der Waals surface area (Å²) in [6, 6.07) is 5.84. The highest BCUT2D eigenvalue weighted by atomic mass is 35.5. The number of rotatable bonds is 1. The van der Waals surface area contributed by atoms with Crippen LogP contribution in [0.2, 0.25) is 5.02 Å². The molecule has 0 amide bonds. The average molecular weight is 235 g/mol. The van der Waals surface area contributed by atoms with Gasteiger partial charge in [-0.05, 0) is 32.4 Å². The van der Waals surface area contributed by atoms with E-state index in [1.54, 1.807) is 0 Å². The van der Waals surface area contributed by atoms with Crippen molar-refractivity contribution < 1.29 is 0 Å². The summed E-state index contributed by atoms with van der Waals surface area (Å²) in [6.45, 7) is 5.91. The molecule has 0 bridgehead atoms. The van der Waals surface area contributed by atoms with Gasteiger partial charge in [0.1, 0.15) is 0 Å². The molecule has 0 spiro atoms. The number of fused-ring (bicyclic) bond motifs is 1. The molecule has 0 unspecified atom stereocenters. The van der Waals surface area contributed by atoms with Gasteiger partial charge < -0.3 is 5.73 Å². The average Bonchev–Trinajstić information content (AvgIpc) is 2.16. The predicted octanol–water partition coefficient (Wildman–Crippen LogP) is 3.39. The second-order valence-corrected chi connectivity index (χ2v) is 5.08. The zero-order valence-electron chi connectivity index (χ0n) is 9.71. The first kappa shape index (κ1) is 11.4. The van der Waals surface area contributed by atoms with E-state index in [2.05, 4.69) is 4.98 Å². The minimum absolute atomic E-state index is 0.462. The molecular weight excluding hydrogens is 220 g/mol. The zero-order chi connectivity index (χ0) is 11.9. The van der Waals surface area contributed by atoms with Crippen molar-refractivity contribution in [2.24, 2.45) is 5.73 Å². The third-order valence-corrected chi connectivity index (χ3v) is 2.98. The van der Waals surface area contributed by atoms with Crippen LogP contribution in [-0.4, -0.2) is 4.98 Å². The maximum atomic E-state index is 6.22. The lowest BCUT2D eigenvalue weighted by Gasteiger charge is -2.21. The Balaban J connectivity index is 2.90. The molecule has 0 radical (unpaired) electrons. The normalized spacial score (nSPS) is 12.1. The van der Waals surface area contributed by atoms with E-state index in [0.717, 1.165) is 27.1 Å². The van der Waals surface area contributed by atoms with Gasteiger partial charge in [0.2, 0.25) is 0 Å². The second kappa shape index (κ2) is 3.72. The number of nitrogens with two attached hydrogens (primary N) is 1. The largest absolute Gasteiger partial charge is 0.321 e. The second-order valence-electron chi connectivity index (χ2n) is 4.67. The molecule has 1 aromatic carbocycles. The highest BCUT2D eigenvalue weighted by molar-refractivity contribution is 6.35. The van der Waals surface area contributed by atoms with Gasteiger partial charge in [0.25, 0.3) is 0 Å². The summed E-state index contributed by atoms with van der Waals surface area (Å²) in [4.78, 5) is 4.44. The van der Waals surface area contributed by atoms with Gasteiger partial charge in [-0.15, -0.1) is 0 Å². The number of hydrogen-bond acceptors (Lipinski definition) is 2. The van der Waals surface area contributed by atoms with E-state index >= 15 is 0 Å². The predicted molar refractivity (Wildman–Crippen MR) is 68.7 cm³/mol. The number of halogens is 1. The molecular formula is C13H15ClN2. The zero-order valence-corrected chi connectivity index (χ0v) is 10.5. The smallest absolute Gasteiger partial charge is 0.0675 e. The van der Waals surface area contributed by atoms with E-state index in [1.807, 2.05) is 45.2 Å². The Morgan fingerprint density at radius 1 is 1.31 bits per heavy atom. The topological polar surface area (TPSA) is 38.9 Å². The lowest BCUT2D eigenvalue weighted by Crippen LogP contribution is -2.30. The van der Waals surface area contributed by atoms with Crippen LogP contribution in [0.1, 0.15) is 25.1 Å². The number of hydrogen-bond donors (Lipinski definition) is 1. The molecule has 0 atom stereocenters. The van der Waals surface area contributed by atoms with Crippen molar-refractivity contribution in [1.29, 1.82) is 0 Å². The van der Waals surface area contributed by atoms with E-state index in [9.17, 15) is 0 Å². The van der Waals surface area contributed by atoms with Crippen molar-refractivity contribution >= 4 is 22.4 Å². The van der Waals surface area contributed by atoms with Gasteiger partial charge in [0.15, 0.2) is 0 Å². The fraction of sp³-hybridized carbons (Fsp3) is 0.308. The Labute approximate surface area is 100 Å². The van der Waals surface area contributed by atoms with Crippen LogP contribution in [-0.2, 0) is 5.54 Å². The molecule has 0 aliphatic rings. The molecule has 2 aromatic rings. The fourth-order valence-electron chi connectivity index (χ4n) is 1.93. The molecule has 2 N–H and O–H groups in total. The molecule has 1 heterocycles. The van der Waals surface area contributed by atoms with E-state index in [1.165, 1.54) is 0 Å². The lowest BCUT2D eigenvalue weighted by atomic mass is 9.94. The summed E-state index contributed by atoms with van der Waals surface area (Å²) in [7, 11) is 0. The third kappa shape index (κ3) is 1.79. The van der Waals surface area contributed by atoms with E-state index in [4.69, 9.17) is 17.3 Å². The SMILES string of the molecule is Cc1cnc(C(C)(C)N)c2cccc(Cl)c12. The number of nitrogens with zero attached hydrogens (tertiary/aromatic N) is 1. The molecule has 16 heavy (non-hydrogen) atoms. The Morgan fingerprint density at radius 3 is 2.62 bits per heavy atom. The molecule has 0 saturated heterocycles. The Kier molecular flexibility index (Phi) is 2.64. The molecule has 3 heteroatoms. The maximum absolute atomic E-state index is 6.22. The first-order valence-corrected chi connectivity index (χ1v) is 5.62. The van der Waals surface area contributed by atoms with Crippen LogP contribution in [0, 0.1) is 6.92 Å². The maximum Gasteiger partial charge on any atom is 0.0675 e. The summed E-state index contributed by atoms with van der Waals surface area (Å²) in [5.74, 6) is 0. The van der Waals surface area contributed by atoms with Crippen molar-refractivity contribution in [2.45, 2.75) is 26.3 Å². The molecule has 0 aliphatic carbocycles. The van der Waals surface area contributed by atoms with Gasteiger partial charge in [-0.2, -0.15) is 0 Å². The monoisotopic (exact) mass is 234 g/mol. The Morgan fingerprint density at radius 2 is 2.00 bits per heavy atom. The van der Waals surface area contributed by atoms with Gasteiger partial charge in [-0.25, -0.2) is 0 Å². The quantitative estimate of drug-likeness (QED) is 0.822. The number of benzene rings is 1. The van der Waals surface area contributed by atoms with E-state index in [0.29, 0.717) is 0 Å². The highest BCUT2D eigenvalue weighted by Crippen LogP contribution is 2.31. The van der Waals surface area contributed by atoms with Gasteiger partial charge >= 0.3 is 0 Å². The molecule has 2 rings (SSSR count). The standard InChI is InChI=1S/C13H15ClN2/c1-8-7-16-12(13(2,3)15)9-5-4-6-10(14)11(8)9/h4-7H,15H2,1-3H3. The minimum Gasteiger partial charge on any atom is -0.321 e. The van der Waals surface area contributed by atoms with Gasteiger partial charge in [0.05, 0.1) is 11.2 Å². The summed E-state index contributed by atoms with van der Waals surface area (Å²) in [5.41, 5.74) is 7.62. The molecule has 1 aromatic heterocycles. The van der Waals surface area contributed by atoms with Crippen molar-refractivity contribution in [2.75, 3.05) is 0 Å². The Bertz CT molecular complexity index is 533. The number of aryl methyl sites for hydroxylation is 1. The lowest BCUT2D eigenvalue weighted by molar-refractivity contribution is 0.541. The fourth-order valence-corrected chi connectivity index (χ4v) is 2.25. The van der Waals surface area contributed by atoms with Crippen LogP contribution < -0.4 is 5.73 Å². The third-order valence-electron chi connectivity index (χ3n) is 2.66. The summed E-state index contributed by atoms with van der Waals surface area (Å²) in [6.07, 6.45) is 1.83. The molecule has 84 valence electrons. The van der Waals surface area contributed by atoms with Crippen molar-refractivity contribution in [1.82, 2.24) is 4.98 Å². The Hall–Kier alpha value is -1.12. The molecule has 0 saturated carbocycles. The van der Waals surface area contributed by atoms with Crippen LogP contribution in [0.5, 0.6) is 0 Å². The van der Waals surface area contributed by atoms with E-state index in [-0.39, 0.29) is 0 Å². The van der Waals surface area contributed by atoms with Crippen molar-refractivity contribution in [3.63, 3.8) is 0 Å². The number of pyridine rings is 1. The van der Waals surface area contributed by atoms with Gasteiger partial charge in [-0.1, -0.05) is 23.7 Å². The van der Waals surface area contributed by atoms with Gasteiger partial charge in [-0.3, -0.25) is 4.98 Å². The highest BCUT2D eigenvalue weighted by Gasteiger charge is 2.20. The van der Waals surface area contributed by atoms with Crippen LogP contribution in [0.4, 0.5) is 0 Å².